The van der Waals surface area contributed by atoms with Crippen LogP contribution in [0.2, 0.25) is 0 Å². The van der Waals surface area contributed by atoms with E-state index in [1.165, 1.54) is 0 Å². The van der Waals surface area contributed by atoms with E-state index in [4.69, 9.17) is 4.98 Å². The van der Waals surface area contributed by atoms with Crippen LogP contribution in [0.5, 0.6) is 0 Å². The Balaban J connectivity index is 1.50. The predicted octanol–water partition coefficient (Wildman–Crippen LogP) is 3.18. The lowest BCUT2D eigenvalue weighted by atomic mass is 10.1. The lowest BCUT2D eigenvalue weighted by Gasteiger charge is -2.22. The van der Waals surface area contributed by atoms with Gasteiger partial charge in [0.2, 0.25) is 0 Å². The minimum absolute atomic E-state index is 0.0962. The number of rotatable bonds is 5. The van der Waals surface area contributed by atoms with E-state index in [1.807, 2.05) is 44.7 Å². The van der Waals surface area contributed by atoms with Gasteiger partial charge < -0.3 is 0 Å². The van der Waals surface area contributed by atoms with Gasteiger partial charge in [0.25, 0.3) is 0 Å². The molecule has 0 aromatic carbocycles. The van der Waals surface area contributed by atoms with Crippen LogP contribution >= 0.6 is 0 Å². The summed E-state index contributed by atoms with van der Waals surface area (Å²) in [5.74, 6) is 0.434. The predicted molar refractivity (Wildman–Crippen MR) is 117 cm³/mol. The van der Waals surface area contributed by atoms with Gasteiger partial charge in [0, 0.05) is 29.6 Å². The number of fused-ring (bicyclic) bond motifs is 1. The molecule has 1 atom stereocenters. The first-order valence-electron chi connectivity index (χ1n) is 10.6. The molecule has 10 heteroatoms. The summed E-state index contributed by atoms with van der Waals surface area (Å²) < 4.78 is 29.1. The van der Waals surface area contributed by atoms with Crippen LogP contribution in [0.4, 0.5) is 0 Å². The number of hydrogen-bond donors (Lipinski definition) is 0. The molecule has 1 aliphatic heterocycles. The zero-order chi connectivity index (χ0) is 21.6. The first-order chi connectivity index (χ1) is 14.9. The average Bonchev–Trinajstić information content (AvgIpc) is 3.52. The lowest BCUT2D eigenvalue weighted by molar-refractivity contribution is 0.413. The van der Waals surface area contributed by atoms with E-state index in [9.17, 15) is 8.42 Å². The van der Waals surface area contributed by atoms with Gasteiger partial charge >= 0.3 is 0 Å². The minimum Gasteiger partial charge on any atom is -0.269 e. The van der Waals surface area contributed by atoms with Crippen molar-refractivity contribution >= 4 is 15.4 Å². The van der Waals surface area contributed by atoms with E-state index in [-0.39, 0.29) is 17.5 Å². The fourth-order valence-corrected chi connectivity index (χ4v) is 5.45. The van der Waals surface area contributed by atoms with Crippen molar-refractivity contribution in [2.45, 2.75) is 45.2 Å². The van der Waals surface area contributed by atoms with E-state index in [0.29, 0.717) is 18.9 Å². The second kappa shape index (κ2) is 7.60. The van der Waals surface area contributed by atoms with E-state index in [1.54, 1.807) is 12.4 Å². The van der Waals surface area contributed by atoms with Gasteiger partial charge in [-0.05, 0) is 32.3 Å². The van der Waals surface area contributed by atoms with Crippen LogP contribution < -0.4 is 0 Å². The fourth-order valence-electron chi connectivity index (χ4n) is 3.98. The Kier molecular flexibility index (Phi) is 4.88. The summed E-state index contributed by atoms with van der Waals surface area (Å²) in [6.45, 7) is 4.28. The topological polar surface area (TPSA) is 100.0 Å². The number of aromatic nitrogens is 7. The van der Waals surface area contributed by atoms with Crippen molar-refractivity contribution in [1.82, 2.24) is 34.2 Å². The van der Waals surface area contributed by atoms with Gasteiger partial charge in [-0.15, -0.1) is 0 Å². The molecule has 0 N–H and O–H groups in total. The highest BCUT2D eigenvalue weighted by Gasteiger charge is 2.25. The number of hydrogen-bond acceptors (Lipinski definition) is 6. The van der Waals surface area contributed by atoms with Crippen LogP contribution in [0, 0.1) is 0 Å². The fraction of sp³-hybridized carbons (Fsp3) is 0.429. The monoisotopic (exact) mass is 439 g/mol. The van der Waals surface area contributed by atoms with Gasteiger partial charge in [-0.2, -0.15) is 15.3 Å². The van der Waals surface area contributed by atoms with Crippen LogP contribution in [-0.4, -0.2) is 54.1 Å². The molecule has 0 amide bonds. The summed E-state index contributed by atoms with van der Waals surface area (Å²) in [4.78, 5) is 4.93. The first kappa shape index (κ1) is 19.9. The molecule has 4 aromatic rings. The molecule has 1 saturated heterocycles. The van der Waals surface area contributed by atoms with E-state index >= 15 is 0 Å². The summed E-state index contributed by atoms with van der Waals surface area (Å²) in [6.07, 6.45) is 13.4. The minimum atomic E-state index is -2.90. The van der Waals surface area contributed by atoms with Gasteiger partial charge in [0.1, 0.15) is 9.84 Å². The Morgan fingerprint density at radius 3 is 2.61 bits per heavy atom. The summed E-state index contributed by atoms with van der Waals surface area (Å²) in [7, 11) is -2.90. The molecule has 1 fully saturated rings. The molecule has 5 heterocycles. The van der Waals surface area contributed by atoms with Crippen LogP contribution in [0.25, 0.3) is 28.0 Å². The van der Waals surface area contributed by atoms with Crippen molar-refractivity contribution in [1.29, 1.82) is 0 Å². The Hall–Kier alpha value is -3.01. The van der Waals surface area contributed by atoms with Gasteiger partial charge in [0.15, 0.2) is 0 Å². The Morgan fingerprint density at radius 2 is 1.84 bits per heavy atom. The average molecular weight is 440 g/mol. The maximum absolute atomic E-state index is 11.7. The van der Waals surface area contributed by atoms with Crippen LogP contribution in [0.1, 0.15) is 45.2 Å². The summed E-state index contributed by atoms with van der Waals surface area (Å²) in [6, 6.07) is 2.35. The normalized spacial score (nSPS) is 17.9. The van der Waals surface area contributed by atoms with Gasteiger partial charge in [0.05, 0.1) is 59.2 Å². The summed E-state index contributed by atoms with van der Waals surface area (Å²) >= 11 is 0. The quantitative estimate of drug-likeness (QED) is 0.473. The van der Waals surface area contributed by atoms with Crippen molar-refractivity contribution in [2.24, 2.45) is 0 Å². The molecule has 0 spiro atoms. The van der Waals surface area contributed by atoms with Crippen molar-refractivity contribution in [3.05, 3.63) is 43.2 Å². The summed E-state index contributed by atoms with van der Waals surface area (Å²) in [5.41, 5.74) is 4.31. The maximum atomic E-state index is 11.7. The molecule has 31 heavy (non-hydrogen) atoms. The van der Waals surface area contributed by atoms with E-state index in [2.05, 4.69) is 29.1 Å². The third-order valence-corrected chi connectivity index (χ3v) is 7.82. The highest BCUT2D eigenvalue weighted by atomic mass is 32.2. The molecule has 0 radical (unpaired) electrons. The third kappa shape index (κ3) is 3.76. The van der Waals surface area contributed by atoms with Crippen molar-refractivity contribution in [2.75, 3.05) is 11.5 Å². The third-order valence-electron chi connectivity index (χ3n) is 6.10. The van der Waals surface area contributed by atoms with Crippen LogP contribution in [0.3, 0.4) is 0 Å². The Morgan fingerprint density at radius 1 is 1.06 bits per heavy atom. The Labute approximate surface area is 180 Å². The molecular weight excluding hydrogens is 414 g/mol. The molecule has 162 valence electrons. The Bertz CT molecular complexity index is 1320. The van der Waals surface area contributed by atoms with Crippen molar-refractivity contribution in [3.63, 3.8) is 0 Å². The second-order valence-electron chi connectivity index (χ2n) is 8.19. The van der Waals surface area contributed by atoms with Crippen LogP contribution in [0.15, 0.2) is 43.2 Å². The molecule has 9 nitrogen and oxygen atoms in total. The molecule has 1 unspecified atom stereocenters. The molecule has 4 aromatic heterocycles. The molecule has 0 aliphatic carbocycles. The largest absolute Gasteiger partial charge is 0.269 e. The van der Waals surface area contributed by atoms with Crippen LogP contribution in [-0.2, 0) is 9.84 Å². The van der Waals surface area contributed by atoms with Crippen molar-refractivity contribution in [3.8, 4) is 22.5 Å². The van der Waals surface area contributed by atoms with Gasteiger partial charge in [-0.1, -0.05) is 6.92 Å². The van der Waals surface area contributed by atoms with Gasteiger partial charge in [-0.25, -0.2) is 17.9 Å². The SMILES string of the molecule is CCC(C)n1cc(-c2nc(-c3cnn(C4CCS(=O)(=O)CC4)c3)cn3nccc23)cn1. The first-order valence-corrected chi connectivity index (χ1v) is 12.4. The van der Waals surface area contributed by atoms with E-state index < -0.39 is 9.84 Å². The zero-order valence-corrected chi connectivity index (χ0v) is 18.4. The second-order valence-corrected chi connectivity index (χ2v) is 10.5. The zero-order valence-electron chi connectivity index (χ0n) is 17.6. The maximum Gasteiger partial charge on any atom is 0.150 e. The molecule has 5 rings (SSSR count). The number of sulfone groups is 1. The number of nitrogens with zero attached hydrogens (tertiary/aromatic N) is 7. The highest BCUT2D eigenvalue weighted by molar-refractivity contribution is 7.91. The summed E-state index contributed by atoms with van der Waals surface area (Å²) in [5, 5.41) is 13.4. The van der Waals surface area contributed by atoms with Gasteiger partial charge in [-0.3, -0.25) is 9.36 Å². The molecule has 1 aliphatic rings. The smallest absolute Gasteiger partial charge is 0.150 e. The molecule has 0 saturated carbocycles. The molecular formula is C21H25N7O2S. The highest BCUT2D eigenvalue weighted by Crippen LogP contribution is 2.29. The standard InChI is InChI=1S/C21H25N7O2S/c1-3-15(2)26-13-17(11-23-26)21-20-4-7-22-28(20)14-19(25-21)16-10-24-27(12-16)18-5-8-31(29,30)9-6-18/h4,7,10-15,18H,3,5-6,8-9H2,1-2H3. The molecule has 0 bridgehead atoms. The van der Waals surface area contributed by atoms with Crippen molar-refractivity contribution < 1.29 is 8.42 Å². The lowest BCUT2D eigenvalue weighted by Crippen LogP contribution is -2.25. The van der Waals surface area contributed by atoms with E-state index in [0.717, 1.165) is 34.5 Å².